The molecule has 2 aromatic rings. The third kappa shape index (κ3) is 6.50. The molecule has 1 aliphatic carbocycles. The van der Waals surface area contributed by atoms with Gasteiger partial charge in [-0.1, -0.05) is 54.1 Å². The Labute approximate surface area is 220 Å². The maximum absolute atomic E-state index is 12.1. The maximum Gasteiger partial charge on any atom is 0.316 e. The van der Waals surface area contributed by atoms with Crippen LogP contribution in [0.1, 0.15) is 43.2 Å². The molecule has 2 fully saturated rings. The van der Waals surface area contributed by atoms with Crippen molar-refractivity contribution in [3.05, 3.63) is 70.8 Å². The zero-order valence-corrected chi connectivity index (χ0v) is 23.0. The van der Waals surface area contributed by atoms with Crippen LogP contribution in [0.3, 0.4) is 0 Å². The van der Waals surface area contributed by atoms with E-state index in [0.29, 0.717) is 33.8 Å². The van der Waals surface area contributed by atoms with Crippen LogP contribution in [0.2, 0.25) is 5.02 Å². The third-order valence-electron chi connectivity index (χ3n) is 8.14. The van der Waals surface area contributed by atoms with E-state index >= 15 is 0 Å². The summed E-state index contributed by atoms with van der Waals surface area (Å²) in [6.07, 6.45) is 9.16. The number of benzene rings is 2. The average molecular weight is 534 g/mol. The van der Waals surface area contributed by atoms with E-state index in [1.807, 2.05) is 61.7 Å². The number of halogens is 1. The highest BCUT2D eigenvalue weighted by Gasteiger charge is 2.51. The van der Waals surface area contributed by atoms with Crippen LogP contribution in [0.5, 0.6) is 5.75 Å². The number of piperidine rings is 1. The molecule has 6 nitrogen and oxygen atoms in total. The van der Waals surface area contributed by atoms with Crippen molar-refractivity contribution in [3.8, 4) is 5.75 Å². The smallest absolute Gasteiger partial charge is 0.316 e. The first kappa shape index (κ1) is 27.1. The van der Waals surface area contributed by atoms with Crippen molar-refractivity contribution in [2.45, 2.75) is 56.8 Å². The number of hydrogen-bond donors (Lipinski definition) is 1. The third-order valence-corrected chi connectivity index (χ3v) is 9.32. The average Bonchev–Trinajstić information content (AvgIpc) is 2.82. The first-order chi connectivity index (χ1) is 17.0. The highest BCUT2D eigenvalue weighted by atomic mass is 35.5. The second-order valence-electron chi connectivity index (χ2n) is 10.8. The standard InChI is InChI=1S/C28H37ClN2O4S/c1-30(2)24-12-15-27-23(18-24)11-14-25(31(27,3)20-36(32,33)34)13-9-21-10-16-28(26(29)17-21)35-19-22-7-5-4-6-8-22/h4-10,13,16-17,23-25,27H,11-12,14-15,18-20H2,1-3H3/p+1. The number of likely N-dealkylation sites (tertiary alicyclic amines) is 1. The van der Waals surface area contributed by atoms with Gasteiger partial charge in [-0.15, -0.1) is 0 Å². The predicted octanol–water partition coefficient (Wildman–Crippen LogP) is 5.49. The molecule has 5 atom stereocenters. The molecule has 1 saturated heterocycles. The number of ether oxygens (including phenoxy) is 1. The molecule has 5 unspecified atom stereocenters. The van der Waals surface area contributed by atoms with E-state index in [1.165, 1.54) is 0 Å². The lowest BCUT2D eigenvalue weighted by Crippen LogP contribution is -2.66. The second-order valence-corrected chi connectivity index (χ2v) is 12.6. The minimum absolute atomic E-state index is 0.00290. The Hall–Kier alpha value is -1.90. The Kier molecular flexibility index (Phi) is 8.47. The summed E-state index contributed by atoms with van der Waals surface area (Å²) in [7, 11) is 2.11. The van der Waals surface area contributed by atoms with Crippen LogP contribution >= 0.6 is 11.6 Å². The van der Waals surface area contributed by atoms with E-state index in [9.17, 15) is 13.0 Å². The van der Waals surface area contributed by atoms with E-state index in [2.05, 4.69) is 25.1 Å². The van der Waals surface area contributed by atoms with Gasteiger partial charge < -0.3 is 14.1 Å². The lowest BCUT2D eigenvalue weighted by atomic mass is 9.73. The zero-order chi connectivity index (χ0) is 25.9. The van der Waals surface area contributed by atoms with Gasteiger partial charge >= 0.3 is 10.1 Å². The zero-order valence-electron chi connectivity index (χ0n) is 21.4. The van der Waals surface area contributed by atoms with Crippen molar-refractivity contribution in [3.63, 3.8) is 0 Å². The van der Waals surface area contributed by atoms with Gasteiger partial charge in [-0.05, 0) is 62.7 Å². The molecule has 0 spiro atoms. The number of fused-ring (bicyclic) bond motifs is 1. The quantitative estimate of drug-likeness (QED) is 0.359. The van der Waals surface area contributed by atoms with Gasteiger partial charge in [-0.25, -0.2) is 0 Å². The van der Waals surface area contributed by atoms with Gasteiger partial charge in [-0.3, -0.25) is 4.55 Å². The number of likely N-dealkylation sites (N-methyl/N-ethyl adjacent to an activating group) is 1. The molecule has 1 heterocycles. The largest absolute Gasteiger partial charge is 0.487 e. The van der Waals surface area contributed by atoms with Crippen LogP contribution in [0.15, 0.2) is 54.6 Å². The molecule has 2 aromatic carbocycles. The molecule has 8 heteroatoms. The van der Waals surface area contributed by atoms with E-state index in [4.69, 9.17) is 16.3 Å². The number of rotatable bonds is 8. The Morgan fingerprint density at radius 3 is 2.53 bits per heavy atom. The summed E-state index contributed by atoms with van der Waals surface area (Å²) in [5.74, 6) is 0.823. The molecule has 1 N–H and O–H groups in total. The number of hydrogen-bond acceptors (Lipinski definition) is 4. The first-order valence-corrected chi connectivity index (χ1v) is 14.6. The fraction of sp³-hybridized carbons (Fsp3) is 0.500. The molecule has 0 radical (unpaired) electrons. The first-order valence-electron chi connectivity index (χ1n) is 12.7. The van der Waals surface area contributed by atoms with Gasteiger partial charge in [0.1, 0.15) is 18.4 Å². The minimum atomic E-state index is -4.13. The minimum Gasteiger partial charge on any atom is -0.487 e. The van der Waals surface area contributed by atoms with Crippen molar-refractivity contribution in [1.29, 1.82) is 0 Å². The number of quaternary nitrogens is 1. The SMILES string of the molecule is CN(C)C1CCC2C(CCC(C=Cc3ccc(OCc4ccccc4)c(Cl)c3)[N+]2(C)CS(=O)(=O)O)C1. The number of nitrogens with zero attached hydrogens (tertiary/aromatic N) is 2. The normalized spacial score (nSPS) is 28.8. The fourth-order valence-corrected chi connectivity index (χ4v) is 7.57. The molecular weight excluding hydrogens is 496 g/mol. The van der Waals surface area contributed by atoms with Crippen LogP contribution in [0.25, 0.3) is 6.08 Å². The Balaban J connectivity index is 1.50. The van der Waals surface area contributed by atoms with E-state index in [1.54, 1.807) is 0 Å². The summed E-state index contributed by atoms with van der Waals surface area (Å²) in [5, 5.41) is 0.536. The summed E-state index contributed by atoms with van der Waals surface area (Å²) in [5.41, 5.74) is 2.01. The van der Waals surface area contributed by atoms with Gasteiger partial charge in [0.2, 0.25) is 5.88 Å². The van der Waals surface area contributed by atoms with Crippen LogP contribution < -0.4 is 4.74 Å². The molecule has 0 bridgehead atoms. The molecule has 1 saturated carbocycles. The maximum atomic E-state index is 12.1. The van der Waals surface area contributed by atoms with Gasteiger partial charge in [0.25, 0.3) is 0 Å². The van der Waals surface area contributed by atoms with E-state index < -0.39 is 10.1 Å². The van der Waals surface area contributed by atoms with Gasteiger partial charge in [-0.2, -0.15) is 8.42 Å². The van der Waals surface area contributed by atoms with Crippen molar-refractivity contribution in [1.82, 2.24) is 4.90 Å². The van der Waals surface area contributed by atoms with Gasteiger partial charge in [0.05, 0.1) is 18.1 Å². The predicted molar refractivity (Wildman–Crippen MR) is 145 cm³/mol. The Bertz CT molecular complexity index is 1170. The monoisotopic (exact) mass is 533 g/mol. The lowest BCUT2D eigenvalue weighted by Gasteiger charge is -2.55. The van der Waals surface area contributed by atoms with Crippen molar-refractivity contribution >= 4 is 27.8 Å². The van der Waals surface area contributed by atoms with Crippen molar-refractivity contribution in [2.75, 3.05) is 27.0 Å². The molecular formula is C28H38ClN2O4S+. The fourth-order valence-electron chi connectivity index (χ4n) is 6.24. The Morgan fingerprint density at radius 1 is 1.11 bits per heavy atom. The molecule has 4 rings (SSSR count). The summed E-state index contributed by atoms with van der Waals surface area (Å²) in [6.45, 7) is 0.445. The van der Waals surface area contributed by atoms with Crippen LogP contribution in [0.4, 0.5) is 0 Å². The lowest BCUT2D eigenvalue weighted by molar-refractivity contribution is -0.950. The summed E-state index contributed by atoms with van der Waals surface area (Å²) in [4.78, 5) is 2.28. The highest BCUT2D eigenvalue weighted by Crippen LogP contribution is 2.43. The summed E-state index contributed by atoms with van der Waals surface area (Å²) in [6, 6.07) is 16.4. The topological polar surface area (TPSA) is 66.8 Å². The molecule has 196 valence electrons. The summed E-state index contributed by atoms with van der Waals surface area (Å²) >= 11 is 6.51. The highest BCUT2D eigenvalue weighted by molar-refractivity contribution is 7.85. The Morgan fingerprint density at radius 2 is 1.86 bits per heavy atom. The summed E-state index contributed by atoms with van der Waals surface area (Å²) < 4.78 is 40.3. The molecule has 0 amide bonds. The van der Waals surface area contributed by atoms with E-state index in [0.717, 1.165) is 43.2 Å². The van der Waals surface area contributed by atoms with Crippen LogP contribution in [-0.4, -0.2) is 67.5 Å². The van der Waals surface area contributed by atoms with Gasteiger partial charge in [0, 0.05) is 24.8 Å². The molecule has 2 aliphatic rings. The molecule has 1 aliphatic heterocycles. The van der Waals surface area contributed by atoms with Crippen molar-refractivity contribution in [2.24, 2.45) is 5.92 Å². The molecule has 36 heavy (non-hydrogen) atoms. The van der Waals surface area contributed by atoms with Crippen LogP contribution in [0, 0.1) is 5.92 Å². The van der Waals surface area contributed by atoms with Crippen LogP contribution in [-0.2, 0) is 16.7 Å². The second kappa shape index (κ2) is 11.2. The van der Waals surface area contributed by atoms with Crippen molar-refractivity contribution < 1.29 is 22.2 Å². The molecule has 0 aromatic heterocycles. The van der Waals surface area contributed by atoms with Gasteiger partial charge in [0.15, 0.2) is 0 Å². The van der Waals surface area contributed by atoms with E-state index in [-0.39, 0.29) is 18.0 Å².